The summed E-state index contributed by atoms with van der Waals surface area (Å²) in [6.07, 6.45) is 10.2. The van der Waals surface area contributed by atoms with E-state index in [1.165, 1.54) is 0 Å². The van der Waals surface area contributed by atoms with Gasteiger partial charge in [-0.2, -0.15) is 5.10 Å². The summed E-state index contributed by atoms with van der Waals surface area (Å²) in [7, 11) is 0. The highest BCUT2D eigenvalue weighted by molar-refractivity contribution is 6.27. The van der Waals surface area contributed by atoms with Gasteiger partial charge >= 0.3 is 0 Å². The normalized spacial score (nSPS) is 26.5. The molecule has 2 saturated heterocycles. The van der Waals surface area contributed by atoms with E-state index in [-0.39, 0.29) is 29.2 Å². The highest BCUT2D eigenvalue weighted by atomic mass is 16.2. The molecular weight excluding hydrogens is 542 g/mol. The van der Waals surface area contributed by atoms with Gasteiger partial charge in [-0.25, -0.2) is 0 Å². The Kier molecular flexibility index (Phi) is 6.48. The Morgan fingerprint density at radius 1 is 1.07 bits per heavy atom. The van der Waals surface area contributed by atoms with Crippen LogP contribution < -0.4 is 10.2 Å². The third-order valence-corrected chi connectivity index (χ3v) is 10.6. The molecule has 3 aliphatic heterocycles. The minimum atomic E-state index is -0.697. The maximum absolute atomic E-state index is 13.5. The highest BCUT2D eigenvalue weighted by Crippen LogP contribution is 2.48. The molecule has 1 aromatic heterocycles. The van der Waals surface area contributed by atoms with Gasteiger partial charge in [-0.05, 0) is 73.6 Å². The van der Waals surface area contributed by atoms with Crippen LogP contribution in [0.5, 0.6) is 0 Å². The average molecular weight is 582 g/mol. The largest absolute Gasteiger partial charge is 0.342 e. The van der Waals surface area contributed by atoms with E-state index in [4.69, 9.17) is 5.10 Å². The predicted octanol–water partition coefficient (Wildman–Crippen LogP) is 4.56. The van der Waals surface area contributed by atoms with Crippen molar-refractivity contribution in [2.75, 3.05) is 18.0 Å². The van der Waals surface area contributed by atoms with Crippen molar-refractivity contribution in [1.82, 2.24) is 20.0 Å². The molecule has 9 nitrogen and oxygen atoms in total. The van der Waals surface area contributed by atoms with Crippen LogP contribution in [0.3, 0.4) is 0 Å². The topological polar surface area (TPSA) is 105 Å². The summed E-state index contributed by atoms with van der Waals surface area (Å²) in [6.45, 7) is 8.09. The Bertz CT molecular complexity index is 1660. The van der Waals surface area contributed by atoms with Gasteiger partial charge in [0.15, 0.2) is 0 Å². The number of nitrogens with one attached hydrogen (secondary N) is 1. The number of hydrogen-bond acceptors (Lipinski definition) is 5. The molecule has 4 aliphatic rings. The van der Waals surface area contributed by atoms with E-state index in [2.05, 4.69) is 41.9 Å². The first kappa shape index (κ1) is 27.8. The number of aromatic nitrogens is 2. The maximum atomic E-state index is 13.5. The van der Waals surface area contributed by atoms with Crippen molar-refractivity contribution in [3.63, 3.8) is 0 Å². The molecule has 4 amide bonds. The lowest BCUT2D eigenvalue weighted by molar-refractivity contribution is -0.151. The van der Waals surface area contributed by atoms with E-state index in [0.717, 1.165) is 72.8 Å². The molecule has 0 bridgehead atoms. The molecule has 7 rings (SSSR count). The Labute approximate surface area is 251 Å². The van der Waals surface area contributed by atoms with Crippen LogP contribution in [0.1, 0.15) is 87.2 Å². The number of amides is 4. The van der Waals surface area contributed by atoms with Crippen LogP contribution in [0.15, 0.2) is 42.7 Å². The van der Waals surface area contributed by atoms with Crippen LogP contribution in [-0.2, 0) is 26.3 Å². The predicted molar refractivity (Wildman–Crippen MR) is 163 cm³/mol. The number of likely N-dealkylation sites (tertiary alicyclic amines) is 1. The van der Waals surface area contributed by atoms with E-state index in [0.29, 0.717) is 30.2 Å². The fourth-order valence-corrected chi connectivity index (χ4v) is 7.91. The van der Waals surface area contributed by atoms with Crippen LogP contribution in [0.25, 0.3) is 10.8 Å². The third kappa shape index (κ3) is 4.46. The molecule has 1 N–H and O–H groups in total. The van der Waals surface area contributed by atoms with Gasteiger partial charge in [-0.1, -0.05) is 38.5 Å². The average Bonchev–Trinajstić information content (AvgIpc) is 3.57. The van der Waals surface area contributed by atoms with Gasteiger partial charge in [0.1, 0.15) is 6.04 Å². The summed E-state index contributed by atoms with van der Waals surface area (Å²) in [6, 6.07) is 9.00. The lowest BCUT2D eigenvalue weighted by Crippen LogP contribution is -2.54. The fraction of sp³-hybridized carbons (Fsp3) is 0.500. The Hall–Kier alpha value is -4.01. The van der Waals surface area contributed by atoms with E-state index in [9.17, 15) is 19.2 Å². The summed E-state index contributed by atoms with van der Waals surface area (Å²) in [5, 5.41) is 9.01. The molecule has 0 spiro atoms. The summed E-state index contributed by atoms with van der Waals surface area (Å²) >= 11 is 0. The van der Waals surface area contributed by atoms with Crippen molar-refractivity contribution in [2.24, 2.45) is 11.3 Å². The van der Waals surface area contributed by atoms with Crippen LogP contribution in [-0.4, -0.2) is 57.4 Å². The lowest BCUT2D eigenvalue weighted by atomic mass is 9.61. The van der Waals surface area contributed by atoms with Crippen molar-refractivity contribution >= 4 is 40.1 Å². The smallest absolute Gasteiger partial charge is 0.259 e. The SMILES string of the molecule is CCC1CC(C)(C(=O)N2CCC(C)(n3cc(Cc4ccc5c6c(cccc46)C(=O)N5C4CCC(=O)NC4=O)cn3)CC2)C1. The Balaban J connectivity index is 1.08. The van der Waals surface area contributed by atoms with Gasteiger partial charge in [0.2, 0.25) is 17.7 Å². The molecule has 3 fully saturated rings. The lowest BCUT2D eigenvalue weighted by Gasteiger charge is -2.48. The summed E-state index contributed by atoms with van der Waals surface area (Å²) in [4.78, 5) is 54.8. The first-order valence-corrected chi connectivity index (χ1v) is 15.7. The van der Waals surface area contributed by atoms with Crippen LogP contribution in [0, 0.1) is 11.3 Å². The first-order chi connectivity index (χ1) is 20.6. The molecule has 0 radical (unpaired) electrons. The number of rotatable bonds is 6. The number of benzene rings is 2. The van der Waals surface area contributed by atoms with Gasteiger partial charge in [0, 0.05) is 48.5 Å². The summed E-state index contributed by atoms with van der Waals surface area (Å²) in [5.41, 5.74) is 3.14. The van der Waals surface area contributed by atoms with Crippen molar-refractivity contribution in [1.29, 1.82) is 0 Å². The molecular formula is C34H39N5O4. The van der Waals surface area contributed by atoms with Crippen molar-refractivity contribution < 1.29 is 19.2 Å². The van der Waals surface area contributed by atoms with Crippen LogP contribution in [0.2, 0.25) is 0 Å². The molecule has 9 heteroatoms. The zero-order chi connectivity index (χ0) is 30.1. The van der Waals surface area contributed by atoms with Crippen LogP contribution >= 0.6 is 0 Å². The Morgan fingerprint density at radius 2 is 1.84 bits per heavy atom. The first-order valence-electron chi connectivity index (χ1n) is 15.7. The molecule has 224 valence electrons. The molecule has 2 aromatic carbocycles. The fourth-order valence-electron chi connectivity index (χ4n) is 7.91. The molecule has 3 aromatic rings. The molecule has 1 atom stereocenters. The van der Waals surface area contributed by atoms with Crippen molar-refractivity contribution in [3.05, 3.63) is 59.4 Å². The van der Waals surface area contributed by atoms with Gasteiger partial charge in [-0.3, -0.25) is 34.1 Å². The summed E-state index contributed by atoms with van der Waals surface area (Å²) < 4.78 is 2.08. The van der Waals surface area contributed by atoms with E-state index in [1.54, 1.807) is 4.90 Å². The minimum absolute atomic E-state index is 0.154. The maximum Gasteiger partial charge on any atom is 0.259 e. The third-order valence-electron chi connectivity index (χ3n) is 10.6. The molecule has 1 saturated carbocycles. The number of imide groups is 1. The van der Waals surface area contributed by atoms with Crippen molar-refractivity contribution in [2.45, 2.75) is 83.7 Å². The van der Waals surface area contributed by atoms with Gasteiger partial charge in [0.25, 0.3) is 5.91 Å². The zero-order valence-electron chi connectivity index (χ0n) is 25.2. The molecule has 1 aliphatic carbocycles. The monoisotopic (exact) mass is 581 g/mol. The number of nitrogens with zero attached hydrogens (tertiary/aromatic N) is 4. The number of anilines is 1. The number of carbonyl (C=O) groups is 4. The van der Waals surface area contributed by atoms with Crippen LogP contribution in [0.4, 0.5) is 5.69 Å². The molecule has 4 heterocycles. The number of hydrogen-bond donors (Lipinski definition) is 1. The van der Waals surface area contributed by atoms with Gasteiger partial charge in [0.05, 0.1) is 17.4 Å². The molecule has 1 unspecified atom stereocenters. The zero-order valence-corrected chi connectivity index (χ0v) is 25.2. The second-order valence-corrected chi connectivity index (χ2v) is 13.6. The summed E-state index contributed by atoms with van der Waals surface area (Å²) in [5.74, 6) is 0.0894. The Morgan fingerprint density at radius 3 is 2.56 bits per heavy atom. The quantitative estimate of drug-likeness (QED) is 0.430. The van der Waals surface area contributed by atoms with E-state index < -0.39 is 11.9 Å². The van der Waals surface area contributed by atoms with Gasteiger partial charge in [-0.15, -0.1) is 0 Å². The number of piperidine rings is 2. The minimum Gasteiger partial charge on any atom is -0.342 e. The molecule has 43 heavy (non-hydrogen) atoms. The second-order valence-electron chi connectivity index (χ2n) is 13.6. The highest BCUT2D eigenvalue weighted by Gasteiger charge is 2.48. The van der Waals surface area contributed by atoms with Crippen molar-refractivity contribution in [3.8, 4) is 0 Å². The van der Waals surface area contributed by atoms with E-state index in [1.807, 2.05) is 36.5 Å². The van der Waals surface area contributed by atoms with E-state index >= 15 is 0 Å². The number of carbonyl (C=O) groups excluding carboxylic acids is 4. The second kappa shape index (κ2) is 10.0. The van der Waals surface area contributed by atoms with Gasteiger partial charge < -0.3 is 4.90 Å². The standard InChI is InChI=1S/C34H39N5O4/c1-4-21-17-33(2,18-21)32(43)37-14-12-34(3,13-15-37)38-20-22(19-35-38)16-23-8-9-26-29-24(23)6-5-7-25(29)31(42)39(26)27-10-11-28(40)36-30(27)41/h5-9,19-21,27H,4,10-18H2,1-3H3,(H,36,40,41).